The van der Waals surface area contributed by atoms with E-state index < -0.39 is 65.4 Å². The number of nitrogens with zero attached hydrogens (tertiary/aromatic N) is 16. The van der Waals surface area contributed by atoms with Crippen LogP contribution in [0.4, 0.5) is 48.3 Å². The number of carboxylic acids is 3. The number of amides is 3. The summed E-state index contributed by atoms with van der Waals surface area (Å²) < 4.78 is 40.7. The third kappa shape index (κ3) is 24.1. The molecule has 9 aromatic rings. The molecule has 0 spiro atoms. The first-order valence-corrected chi connectivity index (χ1v) is 38.3. The molecule has 0 bridgehead atoms. The molecule has 6 heterocycles. The lowest BCUT2D eigenvalue weighted by Crippen LogP contribution is -2.39. The van der Waals surface area contributed by atoms with Crippen LogP contribution < -0.4 is 29.7 Å². The maximum Gasteiger partial charge on any atom is 0.417 e. The van der Waals surface area contributed by atoms with Crippen molar-refractivity contribution in [3.63, 3.8) is 0 Å². The number of benzene rings is 3. The van der Waals surface area contributed by atoms with E-state index in [1.165, 1.54) is 147 Å². The van der Waals surface area contributed by atoms with Crippen LogP contribution in [0.5, 0.6) is 11.6 Å². The van der Waals surface area contributed by atoms with Crippen LogP contribution in [0.15, 0.2) is 104 Å². The molecule has 0 radical (unpaired) electrons. The molecule has 0 saturated heterocycles. The molecular weight excluding hydrogens is 1440 g/mol. The Hall–Kier alpha value is -11.4. The van der Waals surface area contributed by atoms with E-state index >= 15 is 0 Å². The number of ether oxygens (including phenoxy) is 4. The van der Waals surface area contributed by atoms with Crippen LogP contribution in [0.1, 0.15) is 207 Å². The molecule has 2 fully saturated rings. The fraction of sp³-hybridized carbons (Fsp3) is 0.494. The fourth-order valence-corrected chi connectivity index (χ4v) is 12.9. The summed E-state index contributed by atoms with van der Waals surface area (Å²) in [4.78, 5) is 121. The van der Waals surface area contributed by atoms with Crippen molar-refractivity contribution in [1.29, 1.82) is 0 Å². The Labute approximate surface area is 651 Å². The number of aromatic nitrogens is 12. The predicted molar refractivity (Wildman–Crippen MR) is 425 cm³/mol. The van der Waals surface area contributed by atoms with E-state index in [0.717, 1.165) is 49.8 Å². The standard InChI is InChI=1S/C31H34FN5O5.C28H36N6O4.C22H36N6O4/c1-31(2,3)42-30(40)37(17-20-9-11-22(12-10-20)21-7-5-4-6-8-21)29-34-27-26(33-19-36(27)18-25(38)39)28(35-29)41-24-15-13-23(32)14-16-24;1-5-15-29-24-23-25(33(18-30-23)17-22(35)36)32-26(31-24)34(27(37)38-28(2,3)4)16-19-11-13-21(14-12-19)20-9-7-6-8-10-20;1-7-9-11-13-28(21(31)32-22(3,4)5)20-24-18(26(6)12-10-8-2)17-19(25-20)27(15-23-17)14-16(29)30/h9-16,19,21H,4-8,17-18H2,1-3H3,(H,38,39);5,11-14,18,20H,1,6-10,15-17H2,2-4H3,(H,35,36)(H,29,31,32);15H,7-14H2,1-6H3,(H,29,30). The first-order chi connectivity index (χ1) is 53.3. The van der Waals surface area contributed by atoms with E-state index in [2.05, 4.69) is 89.9 Å². The highest BCUT2D eigenvalue weighted by atomic mass is 19.1. The summed E-state index contributed by atoms with van der Waals surface area (Å²) in [5, 5.41) is 31.2. The van der Waals surface area contributed by atoms with Gasteiger partial charge in [0.2, 0.25) is 17.8 Å². The minimum Gasteiger partial charge on any atom is -0.480 e. The number of nitrogens with one attached hydrogen (secondary N) is 1. The fourth-order valence-electron chi connectivity index (χ4n) is 12.9. The highest BCUT2D eigenvalue weighted by Gasteiger charge is 2.33. The van der Waals surface area contributed by atoms with E-state index in [0.29, 0.717) is 58.9 Å². The van der Waals surface area contributed by atoms with Crippen molar-refractivity contribution < 1.29 is 67.4 Å². The van der Waals surface area contributed by atoms with Gasteiger partial charge in [0, 0.05) is 26.7 Å². The van der Waals surface area contributed by atoms with Crippen LogP contribution in [-0.4, -0.2) is 154 Å². The summed E-state index contributed by atoms with van der Waals surface area (Å²) in [7, 11) is 1.91. The second kappa shape index (κ2) is 38.5. The third-order valence-electron chi connectivity index (χ3n) is 18.2. The monoisotopic (exact) mass is 1540 g/mol. The second-order valence-electron chi connectivity index (χ2n) is 31.0. The van der Waals surface area contributed by atoms with Crippen molar-refractivity contribution in [2.24, 2.45) is 0 Å². The lowest BCUT2D eigenvalue weighted by atomic mass is 9.84. The number of rotatable bonds is 28. The summed E-state index contributed by atoms with van der Waals surface area (Å²) in [5.41, 5.74) is 4.05. The Morgan fingerprint density at radius 2 is 0.929 bits per heavy atom. The number of unbranched alkanes of at least 4 members (excludes halogenated alkanes) is 3. The Bertz CT molecular complexity index is 4690. The molecule has 6 aromatic heterocycles. The summed E-state index contributed by atoms with van der Waals surface area (Å²) in [6.07, 6.45) is 21.1. The first-order valence-electron chi connectivity index (χ1n) is 38.3. The molecular formula is C81H106FN17O13. The van der Waals surface area contributed by atoms with Crippen molar-refractivity contribution in [2.75, 3.05) is 51.6 Å². The third-order valence-corrected chi connectivity index (χ3v) is 18.2. The number of aliphatic carboxylic acids is 3. The van der Waals surface area contributed by atoms with Gasteiger partial charge in [-0.25, -0.2) is 48.4 Å². The number of anilines is 5. The largest absolute Gasteiger partial charge is 0.480 e. The van der Waals surface area contributed by atoms with Crippen LogP contribution >= 0.6 is 0 Å². The zero-order chi connectivity index (χ0) is 81.0. The number of hydrogen-bond acceptors (Lipinski definition) is 21. The topological polar surface area (TPSA) is 356 Å². The summed E-state index contributed by atoms with van der Waals surface area (Å²) in [6.45, 7) is 24.8. The zero-order valence-electron chi connectivity index (χ0n) is 66.3. The van der Waals surface area contributed by atoms with E-state index in [4.69, 9.17) is 23.9 Å². The molecule has 2 aliphatic carbocycles. The van der Waals surface area contributed by atoms with Gasteiger partial charge < -0.3 is 58.2 Å². The number of halogens is 1. The predicted octanol–water partition coefficient (Wildman–Crippen LogP) is 16.4. The van der Waals surface area contributed by atoms with E-state index in [1.807, 2.05) is 57.0 Å². The van der Waals surface area contributed by atoms with Gasteiger partial charge in [0.25, 0.3) is 5.88 Å². The molecule has 112 heavy (non-hydrogen) atoms. The Kier molecular flexibility index (Phi) is 29.1. The van der Waals surface area contributed by atoms with Crippen LogP contribution in [0.2, 0.25) is 0 Å². The Morgan fingerprint density at radius 1 is 0.518 bits per heavy atom. The normalized spacial score (nSPS) is 13.4. The van der Waals surface area contributed by atoms with E-state index in [-0.39, 0.29) is 66.8 Å². The van der Waals surface area contributed by atoms with Gasteiger partial charge in [0.1, 0.15) is 48.0 Å². The quantitative estimate of drug-likeness (QED) is 0.0201. The molecule has 2 aliphatic rings. The molecule has 0 aliphatic heterocycles. The summed E-state index contributed by atoms with van der Waals surface area (Å²) >= 11 is 0. The lowest BCUT2D eigenvalue weighted by Gasteiger charge is -2.27. The van der Waals surface area contributed by atoms with Gasteiger partial charge in [0.15, 0.2) is 45.1 Å². The first kappa shape index (κ1) is 84.6. The number of imidazole rings is 3. The van der Waals surface area contributed by atoms with E-state index in [1.54, 1.807) is 47.6 Å². The van der Waals surface area contributed by atoms with Crippen molar-refractivity contribution in [2.45, 2.75) is 234 Å². The molecule has 4 N–H and O–H groups in total. The van der Waals surface area contributed by atoms with Crippen LogP contribution in [-0.2, 0) is 61.3 Å². The molecule has 3 aromatic carbocycles. The average molecular weight is 1540 g/mol. The molecule has 3 amide bonds. The Morgan fingerprint density at radius 3 is 1.37 bits per heavy atom. The average Bonchev–Trinajstić information content (AvgIpc) is 1.59. The molecule has 0 unspecified atom stereocenters. The SMILES string of the molecule is C=CCNc1nc(N(Cc2ccc(C3CCCCC3)cc2)C(=O)OC(C)(C)C)nc2c1ncn2CC(=O)O.CC(C)(C)OC(=O)N(Cc1ccc(C2CCCCC2)cc1)c1nc(Oc2ccc(F)cc2)c2ncn(CC(=O)O)c2n1.CCCCCN(C(=O)OC(C)(C)C)c1nc(N(C)CCCC)c2ncn(CC(=O)O)c2n1. The number of carbonyl (C=O) groups is 6. The molecule has 0 atom stereocenters. The molecule has 31 heteroatoms. The molecule has 30 nitrogen and oxygen atoms in total. The minimum atomic E-state index is -1.10. The highest BCUT2D eigenvalue weighted by Crippen LogP contribution is 2.37. The van der Waals surface area contributed by atoms with Crippen LogP contribution in [0.25, 0.3) is 33.5 Å². The minimum absolute atomic E-state index is 0.0213. The summed E-state index contributed by atoms with van der Waals surface area (Å²) in [5.74, 6) is -1.05. The maximum absolute atomic E-state index is 13.5. The zero-order valence-corrected chi connectivity index (χ0v) is 66.3. The van der Waals surface area contributed by atoms with Gasteiger partial charge in [0.05, 0.1) is 32.1 Å². The summed E-state index contributed by atoms with van der Waals surface area (Å²) in [6, 6.07) is 21.9. The Balaban J connectivity index is 0.000000195. The van der Waals surface area contributed by atoms with Crippen molar-refractivity contribution in [1.82, 2.24) is 58.6 Å². The van der Waals surface area contributed by atoms with E-state index in [9.17, 15) is 48.5 Å². The second-order valence-corrected chi connectivity index (χ2v) is 31.0. The van der Waals surface area contributed by atoms with Gasteiger partial charge in [-0.15, -0.1) is 6.58 Å². The lowest BCUT2D eigenvalue weighted by molar-refractivity contribution is -0.138. The number of carbonyl (C=O) groups excluding carboxylic acids is 3. The number of hydrogen-bond donors (Lipinski definition) is 4. The van der Waals surface area contributed by atoms with Gasteiger partial charge in [-0.1, -0.05) is 126 Å². The van der Waals surface area contributed by atoms with Crippen LogP contribution in [0.3, 0.4) is 0 Å². The molecule has 600 valence electrons. The smallest absolute Gasteiger partial charge is 0.417 e. The van der Waals surface area contributed by atoms with Gasteiger partial charge >= 0.3 is 36.2 Å². The number of carboxylic acid groups (broad SMARTS) is 3. The van der Waals surface area contributed by atoms with Gasteiger partial charge in [-0.05, 0) is 159 Å². The molecule has 2 saturated carbocycles. The number of fused-ring (bicyclic) bond motifs is 3. The van der Waals surface area contributed by atoms with Gasteiger partial charge in [-0.3, -0.25) is 14.4 Å². The van der Waals surface area contributed by atoms with Crippen molar-refractivity contribution in [3.8, 4) is 11.6 Å². The van der Waals surface area contributed by atoms with Crippen molar-refractivity contribution >= 4 is 99.2 Å². The maximum atomic E-state index is 13.5. The molecule has 11 rings (SSSR count). The highest BCUT2D eigenvalue weighted by molar-refractivity contribution is 5.92. The van der Waals surface area contributed by atoms with Crippen LogP contribution in [0, 0.1) is 5.82 Å². The van der Waals surface area contributed by atoms with Crippen molar-refractivity contribution in [3.05, 3.63) is 133 Å². The van der Waals surface area contributed by atoms with Gasteiger partial charge in [-0.2, -0.15) is 29.9 Å².